The lowest BCUT2D eigenvalue weighted by atomic mass is 9.89. The van der Waals surface area contributed by atoms with E-state index in [2.05, 4.69) is 31.4 Å². The molecule has 114 valence electrons. The molecule has 1 aliphatic carbocycles. The molecule has 0 heterocycles. The third-order valence-electron chi connectivity index (χ3n) is 4.01. The average Bonchev–Trinajstić information content (AvgIpc) is 2.38. The second-order valence-corrected chi connectivity index (χ2v) is 11.9. The minimum atomic E-state index is -1.55. The lowest BCUT2D eigenvalue weighted by Crippen LogP contribution is -2.32. The molecule has 0 aromatic heterocycles. The van der Waals surface area contributed by atoms with Gasteiger partial charge in [0, 0.05) is 0 Å². The maximum absolute atomic E-state index is 12.0. The topological polar surface area (TPSA) is 26.3 Å². The molecule has 20 heavy (non-hydrogen) atoms. The maximum Gasteiger partial charge on any atom is 0.313 e. The van der Waals surface area contributed by atoms with Crippen LogP contribution in [0, 0.1) is 11.8 Å². The molecule has 1 aliphatic rings. The van der Waals surface area contributed by atoms with Crippen LogP contribution in [-0.4, -0.2) is 20.7 Å². The van der Waals surface area contributed by atoms with Gasteiger partial charge in [-0.2, -0.15) is 0 Å². The number of hydrogen-bond donors (Lipinski definition) is 0. The Morgan fingerprint density at radius 2 is 1.90 bits per heavy atom. The lowest BCUT2D eigenvalue weighted by molar-refractivity contribution is -0.145. The van der Waals surface area contributed by atoms with E-state index in [1.165, 1.54) is 37.3 Å². The van der Waals surface area contributed by atoms with Crippen molar-refractivity contribution in [3.05, 3.63) is 17.0 Å². The highest BCUT2D eigenvalue weighted by atomic mass is 28.3. The Bertz CT molecular complexity index is 380. The van der Waals surface area contributed by atoms with Crippen LogP contribution in [0.3, 0.4) is 0 Å². The van der Waals surface area contributed by atoms with Gasteiger partial charge in [0.2, 0.25) is 0 Å². The van der Waals surface area contributed by atoms with Gasteiger partial charge < -0.3 is 4.74 Å². The first-order chi connectivity index (χ1) is 9.36. The molecule has 1 saturated carbocycles. The van der Waals surface area contributed by atoms with Crippen molar-refractivity contribution in [1.82, 2.24) is 0 Å². The van der Waals surface area contributed by atoms with Gasteiger partial charge >= 0.3 is 5.97 Å². The van der Waals surface area contributed by atoms with Gasteiger partial charge in [-0.3, -0.25) is 4.79 Å². The highest BCUT2D eigenvalue weighted by molar-refractivity contribution is 6.83. The molecular formula is C17H30O2Si. The van der Waals surface area contributed by atoms with Crippen molar-refractivity contribution < 1.29 is 9.53 Å². The second kappa shape index (κ2) is 7.85. The summed E-state index contributed by atoms with van der Waals surface area (Å²) in [6, 6.07) is 0. The molecule has 0 bridgehead atoms. The Balaban J connectivity index is 2.93. The normalized spacial score (nSPS) is 18.1. The van der Waals surface area contributed by atoms with Crippen LogP contribution in [0.2, 0.25) is 19.6 Å². The molecule has 0 spiro atoms. The summed E-state index contributed by atoms with van der Waals surface area (Å²) in [6.45, 7) is 11.1. The fraction of sp³-hybridized carbons (Fsp3) is 0.765. The molecule has 3 heteroatoms. The molecule has 0 N–H and O–H groups in total. The van der Waals surface area contributed by atoms with Crippen LogP contribution < -0.4 is 0 Å². The van der Waals surface area contributed by atoms with Gasteiger partial charge in [0.25, 0.3) is 0 Å². The number of ether oxygens (including phenoxy) is 1. The zero-order valence-corrected chi connectivity index (χ0v) is 14.8. The molecule has 0 unspecified atom stereocenters. The standard InChI is InChI=1S/C17H30O2Si/c1-6-19-17(18)14(2)16(20(3,4)5)13-12-15-10-8-7-9-11-15/h12,14-15H,6-11H2,1-5H3/t13?,14-/m1/s1. The Morgan fingerprint density at radius 1 is 1.30 bits per heavy atom. The van der Waals surface area contributed by atoms with Crippen LogP contribution in [-0.2, 0) is 9.53 Å². The third-order valence-corrected chi connectivity index (χ3v) is 6.20. The molecule has 2 nitrogen and oxygen atoms in total. The van der Waals surface area contributed by atoms with E-state index in [4.69, 9.17) is 4.74 Å². The molecular weight excluding hydrogens is 264 g/mol. The van der Waals surface area contributed by atoms with Crippen molar-refractivity contribution in [3.8, 4) is 0 Å². The largest absolute Gasteiger partial charge is 0.466 e. The van der Waals surface area contributed by atoms with E-state index in [1.54, 1.807) is 0 Å². The average molecular weight is 295 g/mol. The SMILES string of the molecule is CCOC(=O)[C@H](C)C(=C=CC1CCCCC1)[Si](C)(C)C. The second-order valence-electron chi connectivity index (χ2n) is 6.85. The number of esters is 1. The van der Waals surface area contributed by atoms with Gasteiger partial charge in [0.1, 0.15) is 0 Å². The summed E-state index contributed by atoms with van der Waals surface area (Å²) >= 11 is 0. The Labute approximate surface area is 125 Å². The van der Waals surface area contributed by atoms with Crippen molar-refractivity contribution in [3.63, 3.8) is 0 Å². The molecule has 1 rings (SSSR count). The van der Waals surface area contributed by atoms with Crippen molar-refractivity contribution in [2.45, 2.75) is 65.6 Å². The molecule has 0 amide bonds. The Kier molecular flexibility index (Phi) is 6.77. The molecule has 1 atom stereocenters. The predicted molar refractivity (Wildman–Crippen MR) is 87.3 cm³/mol. The summed E-state index contributed by atoms with van der Waals surface area (Å²) in [5, 5.41) is 1.20. The summed E-state index contributed by atoms with van der Waals surface area (Å²) < 4.78 is 5.18. The molecule has 0 aromatic carbocycles. The molecule has 0 aromatic rings. The van der Waals surface area contributed by atoms with E-state index < -0.39 is 8.07 Å². The van der Waals surface area contributed by atoms with E-state index in [9.17, 15) is 4.79 Å². The monoisotopic (exact) mass is 294 g/mol. The van der Waals surface area contributed by atoms with E-state index in [-0.39, 0.29) is 11.9 Å². The van der Waals surface area contributed by atoms with E-state index in [0.717, 1.165) is 0 Å². The Hall–Kier alpha value is -0.793. The quantitative estimate of drug-likeness (QED) is 0.416. The van der Waals surface area contributed by atoms with Crippen molar-refractivity contribution in [1.29, 1.82) is 0 Å². The smallest absolute Gasteiger partial charge is 0.313 e. The first kappa shape index (κ1) is 17.3. The molecule has 1 fully saturated rings. The molecule has 0 aliphatic heterocycles. The van der Waals surface area contributed by atoms with Crippen molar-refractivity contribution in [2.75, 3.05) is 6.61 Å². The number of carbonyl (C=O) groups is 1. The van der Waals surface area contributed by atoms with Gasteiger partial charge in [0.05, 0.1) is 20.6 Å². The number of carbonyl (C=O) groups excluding carboxylic acids is 1. The summed E-state index contributed by atoms with van der Waals surface area (Å²) in [5.41, 5.74) is 3.52. The third kappa shape index (κ3) is 5.30. The summed E-state index contributed by atoms with van der Waals surface area (Å²) in [4.78, 5) is 12.0. The van der Waals surface area contributed by atoms with Crippen LogP contribution in [0.5, 0.6) is 0 Å². The van der Waals surface area contributed by atoms with Crippen LogP contribution in [0.15, 0.2) is 17.0 Å². The fourth-order valence-corrected chi connectivity index (χ4v) is 4.82. The summed E-state index contributed by atoms with van der Waals surface area (Å²) in [6.07, 6.45) is 8.83. The predicted octanol–water partition coefficient (Wildman–Crippen LogP) is 4.72. The number of hydrogen-bond acceptors (Lipinski definition) is 2. The van der Waals surface area contributed by atoms with Crippen LogP contribution in [0.25, 0.3) is 0 Å². The van der Waals surface area contributed by atoms with Crippen LogP contribution >= 0.6 is 0 Å². The zero-order chi connectivity index (χ0) is 15.2. The highest BCUT2D eigenvalue weighted by Crippen LogP contribution is 2.27. The van der Waals surface area contributed by atoms with Gasteiger partial charge in [-0.1, -0.05) is 38.9 Å². The van der Waals surface area contributed by atoms with Crippen molar-refractivity contribution >= 4 is 14.0 Å². The maximum atomic E-state index is 12.0. The van der Waals surface area contributed by atoms with Crippen LogP contribution in [0.4, 0.5) is 0 Å². The van der Waals surface area contributed by atoms with Gasteiger partial charge in [-0.05, 0) is 43.9 Å². The minimum absolute atomic E-state index is 0.102. The number of rotatable bonds is 5. The van der Waals surface area contributed by atoms with Gasteiger partial charge in [-0.15, -0.1) is 5.73 Å². The lowest BCUT2D eigenvalue weighted by Gasteiger charge is -2.24. The van der Waals surface area contributed by atoms with E-state index in [0.29, 0.717) is 12.5 Å². The summed E-state index contributed by atoms with van der Waals surface area (Å²) in [5.74, 6) is 0.403. The van der Waals surface area contributed by atoms with Crippen LogP contribution in [0.1, 0.15) is 46.0 Å². The Morgan fingerprint density at radius 3 is 2.40 bits per heavy atom. The molecule has 0 saturated heterocycles. The van der Waals surface area contributed by atoms with E-state index in [1.807, 2.05) is 13.8 Å². The first-order valence-electron chi connectivity index (χ1n) is 8.00. The molecule has 0 radical (unpaired) electrons. The zero-order valence-electron chi connectivity index (χ0n) is 13.8. The summed E-state index contributed by atoms with van der Waals surface area (Å²) in [7, 11) is -1.55. The minimum Gasteiger partial charge on any atom is -0.466 e. The fourth-order valence-electron chi connectivity index (χ4n) is 2.88. The van der Waals surface area contributed by atoms with Gasteiger partial charge in [-0.25, -0.2) is 0 Å². The first-order valence-corrected chi connectivity index (χ1v) is 11.5. The van der Waals surface area contributed by atoms with E-state index >= 15 is 0 Å². The van der Waals surface area contributed by atoms with Gasteiger partial charge in [0.15, 0.2) is 0 Å². The van der Waals surface area contributed by atoms with Crippen molar-refractivity contribution in [2.24, 2.45) is 11.8 Å². The highest BCUT2D eigenvalue weighted by Gasteiger charge is 2.29.